The van der Waals surface area contributed by atoms with Gasteiger partial charge in [-0.15, -0.1) is 0 Å². The summed E-state index contributed by atoms with van der Waals surface area (Å²) < 4.78 is 1.93. The Hall–Kier alpha value is -2.38. The van der Waals surface area contributed by atoms with Crippen LogP contribution < -0.4 is 0 Å². The van der Waals surface area contributed by atoms with Crippen molar-refractivity contribution in [2.75, 3.05) is 0 Å². The van der Waals surface area contributed by atoms with E-state index in [9.17, 15) is 0 Å². The van der Waals surface area contributed by atoms with Gasteiger partial charge < -0.3 is 4.57 Å². The highest BCUT2D eigenvalue weighted by Gasteiger charge is 2.12. The molecular weight excluding hydrogens is 260 g/mol. The number of aromatic nitrogens is 3. The molecule has 92 valence electrons. The van der Waals surface area contributed by atoms with Gasteiger partial charge in [-0.2, -0.15) is 5.26 Å². The summed E-state index contributed by atoms with van der Waals surface area (Å²) in [7, 11) is 1.91. The molecule has 0 saturated heterocycles. The minimum absolute atomic E-state index is 0.557. The van der Waals surface area contributed by atoms with E-state index in [0.717, 1.165) is 22.4 Å². The third-order valence-electron chi connectivity index (χ3n) is 3.02. The average molecular weight is 269 g/mol. The molecule has 0 N–H and O–H groups in total. The van der Waals surface area contributed by atoms with Gasteiger partial charge in [-0.25, -0.2) is 4.98 Å². The lowest BCUT2D eigenvalue weighted by molar-refractivity contribution is 0.958. The topological polar surface area (TPSA) is 54.5 Å². The van der Waals surface area contributed by atoms with Crippen LogP contribution in [0.5, 0.6) is 0 Å². The zero-order chi connectivity index (χ0) is 13.4. The number of nitrogens with zero attached hydrogens (tertiary/aromatic N) is 4. The van der Waals surface area contributed by atoms with Crippen LogP contribution in [0, 0.1) is 11.3 Å². The molecule has 0 radical (unpaired) electrons. The summed E-state index contributed by atoms with van der Waals surface area (Å²) in [4.78, 5) is 8.53. The third-order valence-corrected chi connectivity index (χ3v) is 3.32. The number of benzene rings is 1. The third kappa shape index (κ3) is 1.85. The van der Waals surface area contributed by atoms with Crippen LogP contribution in [0.2, 0.25) is 5.02 Å². The first kappa shape index (κ1) is 11.7. The highest BCUT2D eigenvalue weighted by molar-refractivity contribution is 6.33. The highest BCUT2D eigenvalue weighted by Crippen LogP contribution is 2.28. The fourth-order valence-electron chi connectivity index (χ4n) is 2.06. The molecule has 0 unspecified atom stereocenters. The van der Waals surface area contributed by atoms with Crippen LogP contribution in [0.1, 0.15) is 5.56 Å². The molecule has 3 rings (SSSR count). The molecule has 0 aliphatic rings. The normalized spacial score (nSPS) is 10.6. The Kier molecular flexibility index (Phi) is 2.69. The van der Waals surface area contributed by atoms with Crippen molar-refractivity contribution >= 4 is 22.6 Å². The van der Waals surface area contributed by atoms with E-state index in [1.807, 2.05) is 29.8 Å². The van der Waals surface area contributed by atoms with E-state index in [2.05, 4.69) is 16.0 Å². The first-order valence-corrected chi connectivity index (χ1v) is 6.05. The molecule has 0 aliphatic heterocycles. The quantitative estimate of drug-likeness (QED) is 0.681. The molecule has 1 aromatic carbocycles. The molecule has 0 spiro atoms. The summed E-state index contributed by atoms with van der Waals surface area (Å²) in [5, 5.41) is 9.50. The van der Waals surface area contributed by atoms with Gasteiger partial charge in [0.25, 0.3) is 0 Å². The van der Waals surface area contributed by atoms with Crippen molar-refractivity contribution in [2.24, 2.45) is 7.05 Å². The van der Waals surface area contributed by atoms with Crippen molar-refractivity contribution < 1.29 is 0 Å². The van der Waals surface area contributed by atoms with E-state index in [0.29, 0.717) is 10.6 Å². The molecule has 0 amide bonds. The van der Waals surface area contributed by atoms with Crippen LogP contribution in [0.4, 0.5) is 0 Å². The Labute approximate surface area is 114 Å². The van der Waals surface area contributed by atoms with Crippen molar-refractivity contribution in [1.29, 1.82) is 5.26 Å². The van der Waals surface area contributed by atoms with E-state index in [-0.39, 0.29) is 0 Å². The van der Waals surface area contributed by atoms with E-state index in [1.165, 1.54) is 0 Å². The number of hydrogen-bond donors (Lipinski definition) is 0. The second-order valence-corrected chi connectivity index (χ2v) is 4.57. The minimum atomic E-state index is 0.557. The van der Waals surface area contributed by atoms with Gasteiger partial charge in [0.15, 0.2) is 0 Å². The molecule has 0 saturated carbocycles. The molecule has 0 atom stereocenters. The van der Waals surface area contributed by atoms with Crippen LogP contribution >= 0.6 is 11.6 Å². The van der Waals surface area contributed by atoms with Gasteiger partial charge in [0.1, 0.15) is 5.82 Å². The van der Waals surface area contributed by atoms with E-state index < -0.39 is 0 Å². The molecule has 2 aromatic heterocycles. The van der Waals surface area contributed by atoms with Crippen LogP contribution in [0.3, 0.4) is 0 Å². The molecule has 3 aromatic rings. The minimum Gasteiger partial charge on any atom is -0.327 e. The molecule has 0 aliphatic carbocycles. The predicted octanol–water partition coefficient (Wildman–Crippen LogP) is 3.16. The zero-order valence-corrected chi connectivity index (χ0v) is 10.9. The fraction of sp³-hybridized carbons (Fsp3) is 0.0714. The monoisotopic (exact) mass is 268 g/mol. The van der Waals surface area contributed by atoms with Crippen LogP contribution in [-0.2, 0) is 7.05 Å². The fourth-order valence-corrected chi connectivity index (χ4v) is 2.26. The lowest BCUT2D eigenvalue weighted by atomic mass is 10.2. The van der Waals surface area contributed by atoms with Gasteiger partial charge in [0.2, 0.25) is 0 Å². The Morgan fingerprint density at radius 1 is 1.32 bits per heavy atom. The number of aryl methyl sites for hydroxylation is 1. The van der Waals surface area contributed by atoms with Crippen molar-refractivity contribution in [3.05, 3.63) is 47.2 Å². The standard InChI is InChI=1S/C14H9ClN4/c1-19-13-6-9(7-16)2-3-12(13)18-14(19)10-4-5-17-8-11(10)15/h2-6,8H,1H3. The Balaban J connectivity index is 2.30. The average Bonchev–Trinajstić information content (AvgIpc) is 2.76. The van der Waals surface area contributed by atoms with Gasteiger partial charge in [-0.3, -0.25) is 4.98 Å². The summed E-state index contributed by atoms with van der Waals surface area (Å²) in [6, 6.07) is 9.38. The number of nitriles is 1. The maximum Gasteiger partial charge on any atom is 0.142 e. The number of imidazole rings is 1. The lowest BCUT2D eigenvalue weighted by Crippen LogP contribution is -1.93. The molecule has 0 fully saturated rings. The number of pyridine rings is 1. The van der Waals surface area contributed by atoms with Gasteiger partial charge in [0, 0.05) is 25.0 Å². The van der Waals surface area contributed by atoms with E-state index in [1.54, 1.807) is 18.5 Å². The second-order valence-electron chi connectivity index (χ2n) is 4.17. The number of rotatable bonds is 1. The SMILES string of the molecule is Cn1c(-c2ccncc2Cl)nc2ccc(C#N)cc21. The summed E-state index contributed by atoms with van der Waals surface area (Å²) in [6.07, 6.45) is 3.28. The Bertz CT molecular complexity index is 814. The maximum absolute atomic E-state index is 8.95. The zero-order valence-electron chi connectivity index (χ0n) is 10.1. The summed E-state index contributed by atoms with van der Waals surface area (Å²) in [6.45, 7) is 0. The molecule has 5 heteroatoms. The first-order valence-electron chi connectivity index (χ1n) is 5.67. The largest absolute Gasteiger partial charge is 0.327 e. The van der Waals surface area contributed by atoms with Gasteiger partial charge in [-0.05, 0) is 24.3 Å². The van der Waals surface area contributed by atoms with E-state index >= 15 is 0 Å². The number of hydrogen-bond acceptors (Lipinski definition) is 3. The predicted molar refractivity (Wildman–Crippen MR) is 73.7 cm³/mol. The number of fused-ring (bicyclic) bond motifs is 1. The van der Waals surface area contributed by atoms with Crippen LogP contribution in [-0.4, -0.2) is 14.5 Å². The smallest absolute Gasteiger partial charge is 0.142 e. The summed E-state index contributed by atoms with van der Waals surface area (Å²) in [5.74, 6) is 0.762. The molecule has 0 bridgehead atoms. The van der Waals surface area contributed by atoms with Crippen molar-refractivity contribution in [1.82, 2.24) is 14.5 Å². The van der Waals surface area contributed by atoms with Crippen LogP contribution in [0.25, 0.3) is 22.4 Å². The van der Waals surface area contributed by atoms with Gasteiger partial charge in [-0.1, -0.05) is 11.6 Å². The second kappa shape index (κ2) is 4.38. The summed E-state index contributed by atoms with van der Waals surface area (Å²) in [5.41, 5.74) is 3.18. The van der Waals surface area contributed by atoms with Crippen molar-refractivity contribution in [3.63, 3.8) is 0 Å². The number of halogens is 1. The lowest BCUT2D eigenvalue weighted by Gasteiger charge is -2.03. The van der Waals surface area contributed by atoms with Gasteiger partial charge in [0.05, 0.1) is 27.7 Å². The first-order chi connectivity index (χ1) is 9.20. The highest BCUT2D eigenvalue weighted by atomic mass is 35.5. The summed E-state index contributed by atoms with van der Waals surface area (Å²) >= 11 is 6.15. The molecule has 4 nitrogen and oxygen atoms in total. The molecule has 2 heterocycles. The Morgan fingerprint density at radius 3 is 2.89 bits per heavy atom. The molecular formula is C14H9ClN4. The van der Waals surface area contributed by atoms with E-state index in [4.69, 9.17) is 16.9 Å². The van der Waals surface area contributed by atoms with Crippen LogP contribution in [0.15, 0.2) is 36.7 Å². The molecule has 19 heavy (non-hydrogen) atoms. The van der Waals surface area contributed by atoms with Crippen molar-refractivity contribution in [2.45, 2.75) is 0 Å². The van der Waals surface area contributed by atoms with Gasteiger partial charge >= 0.3 is 0 Å². The van der Waals surface area contributed by atoms with Crippen molar-refractivity contribution in [3.8, 4) is 17.5 Å². The maximum atomic E-state index is 8.95. The Morgan fingerprint density at radius 2 is 2.16 bits per heavy atom.